The van der Waals surface area contributed by atoms with Gasteiger partial charge in [-0.1, -0.05) is 30.3 Å². The second kappa shape index (κ2) is 6.44. The summed E-state index contributed by atoms with van der Waals surface area (Å²) in [7, 11) is 1.66. The van der Waals surface area contributed by atoms with Crippen LogP contribution in [0.3, 0.4) is 0 Å². The average molecular weight is 271 g/mol. The van der Waals surface area contributed by atoms with Gasteiger partial charge in [0.25, 0.3) is 0 Å². The van der Waals surface area contributed by atoms with Crippen LogP contribution in [-0.2, 0) is 0 Å². The van der Waals surface area contributed by atoms with E-state index in [9.17, 15) is 0 Å². The molecule has 2 aromatic carbocycles. The number of hydrogen-bond donors (Lipinski definition) is 1. The van der Waals surface area contributed by atoms with Gasteiger partial charge in [-0.05, 0) is 37.1 Å². The highest BCUT2D eigenvalue weighted by molar-refractivity contribution is 5.39. The molecule has 2 aromatic rings. The summed E-state index contributed by atoms with van der Waals surface area (Å²) >= 11 is 0. The number of aryl methyl sites for hydroxylation is 2. The second-order valence-corrected chi connectivity index (χ2v) is 4.85. The molecule has 0 fully saturated rings. The van der Waals surface area contributed by atoms with Gasteiger partial charge < -0.3 is 15.2 Å². The van der Waals surface area contributed by atoms with Crippen molar-refractivity contribution in [1.82, 2.24) is 0 Å². The SMILES string of the molecule is COc1ccccc1C(CN)Oc1cc(C)ccc1C. The summed E-state index contributed by atoms with van der Waals surface area (Å²) < 4.78 is 11.5. The number of rotatable bonds is 5. The molecule has 2 rings (SSSR count). The lowest BCUT2D eigenvalue weighted by Crippen LogP contribution is -2.19. The lowest BCUT2D eigenvalue weighted by Gasteiger charge is -2.21. The molecule has 0 spiro atoms. The van der Waals surface area contributed by atoms with Crippen molar-refractivity contribution in [3.05, 3.63) is 59.2 Å². The lowest BCUT2D eigenvalue weighted by molar-refractivity contribution is 0.207. The van der Waals surface area contributed by atoms with Crippen molar-refractivity contribution >= 4 is 0 Å². The minimum absolute atomic E-state index is 0.216. The molecule has 1 unspecified atom stereocenters. The predicted molar refractivity (Wildman–Crippen MR) is 81.3 cm³/mol. The van der Waals surface area contributed by atoms with Crippen LogP contribution in [0.2, 0.25) is 0 Å². The van der Waals surface area contributed by atoms with Crippen LogP contribution in [0.25, 0.3) is 0 Å². The number of para-hydroxylation sites is 1. The summed E-state index contributed by atoms with van der Waals surface area (Å²) in [5.41, 5.74) is 9.12. The highest BCUT2D eigenvalue weighted by Crippen LogP contribution is 2.30. The molecule has 0 saturated heterocycles. The van der Waals surface area contributed by atoms with E-state index in [0.29, 0.717) is 6.54 Å². The minimum Gasteiger partial charge on any atom is -0.496 e. The van der Waals surface area contributed by atoms with Crippen LogP contribution in [0.15, 0.2) is 42.5 Å². The summed E-state index contributed by atoms with van der Waals surface area (Å²) in [6.45, 7) is 4.48. The highest BCUT2D eigenvalue weighted by Gasteiger charge is 2.17. The van der Waals surface area contributed by atoms with Crippen molar-refractivity contribution in [3.8, 4) is 11.5 Å². The number of benzene rings is 2. The molecule has 0 aliphatic rings. The zero-order chi connectivity index (χ0) is 14.5. The van der Waals surface area contributed by atoms with E-state index in [1.165, 1.54) is 5.56 Å². The molecule has 1 atom stereocenters. The summed E-state index contributed by atoms with van der Waals surface area (Å²) in [5.74, 6) is 1.67. The van der Waals surface area contributed by atoms with Gasteiger partial charge in [-0.3, -0.25) is 0 Å². The van der Waals surface area contributed by atoms with Crippen LogP contribution in [0.5, 0.6) is 11.5 Å². The monoisotopic (exact) mass is 271 g/mol. The molecule has 3 heteroatoms. The molecule has 0 aliphatic carbocycles. The minimum atomic E-state index is -0.216. The van der Waals surface area contributed by atoms with Crippen molar-refractivity contribution in [3.63, 3.8) is 0 Å². The molecule has 0 aromatic heterocycles. The topological polar surface area (TPSA) is 44.5 Å². The molecule has 0 heterocycles. The van der Waals surface area contributed by atoms with Gasteiger partial charge in [-0.2, -0.15) is 0 Å². The fraction of sp³-hybridized carbons (Fsp3) is 0.294. The first kappa shape index (κ1) is 14.4. The Bertz CT molecular complexity index is 581. The Morgan fingerprint density at radius 3 is 2.50 bits per heavy atom. The van der Waals surface area contributed by atoms with Gasteiger partial charge in [0.05, 0.1) is 7.11 Å². The highest BCUT2D eigenvalue weighted by atomic mass is 16.5. The normalized spacial score (nSPS) is 12.0. The van der Waals surface area contributed by atoms with Crippen molar-refractivity contribution in [2.75, 3.05) is 13.7 Å². The Kier molecular flexibility index (Phi) is 4.64. The Hall–Kier alpha value is -2.00. The summed E-state index contributed by atoms with van der Waals surface area (Å²) in [6, 6.07) is 14.0. The molecule has 0 saturated carbocycles. The maximum atomic E-state index is 6.10. The zero-order valence-corrected chi connectivity index (χ0v) is 12.2. The third kappa shape index (κ3) is 3.11. The van der Waals surface area contributed by atoms with E-state index < -0.39 is 0 Å². The first-order valence-electron chi connectivity index (χ1n) is 6.72. The van der Waals surface area contributed by atoms with E-state index in [2.05, 4.69) is 12.1 Å². The van der Waals surface area contributed by atoms with Gasteiger partial charge in [-0.15, -0.1) is 0 Å². The van der Waals surface area contributed by atoms with E-state index in [1.807, 2.05) is 44.2 Å². The zero-order valence-electron chi connectivity index (χ0n) is 12.2. The maximum absolute atomic E-state index is 6.10. The molecule has 0 amide bonds. The van der Waals surface area contributed by atoms with Crippen LogP contribution in [0, 0.1) is 13.8 Å². The average Bonchev–Trinajstić information content (AvgIpc) is 2.48. The Morgan fingerprint density at radius 2 is 1.80 bits per heavy atom. The second-order valence-electron chi connectivity index (χ2n) is 4.85. The smallest absolute Gasteiger partial charge is 0.139 e. The molecule has 2 N–H and O–H groups in total. The van der Waals surface area contributed by atoms with E-state index >= 15 is 0 Å². The molecule has 0 bridgehead atoms. The molecule has 3 nitrogen and oxygen atoms in total. The molecule has 106 valence electrons. The van der Waals surface area contributed by atoms with Crippen LogP contribution in [0.1, 0.15) is 22.8 Å². The largest absolute Gasteiger partial charge is 0.496 e. The van der Waals surface area contributed by atoms with Gasteiger partial charge in [0.15, 0.2) is 0 Å². The number of nitrogens with two attached hydrogens (primary N) is 1. The van der Waals surface area contributed by atoms with E-state index in [-0.39, 0.29) is 6.10 Å². The maximum Gasteiger partial charge on any atom is 0.139 e. The van der Waals surface area contributed by atoms with Crippen molar-refractivity contribution < 1.29 is 9.47 Å². The predicted octanol–water partition coefficient (Wildman–Crippen LogP) is 3.39. The van der Waals surface area contributed by atoms with Crippen molar-refractivity contribution in [2.45, 2.75) is 20.0 Å². The summed E-state index contributed by atoms with van der Waals surface area (Å²) in [6.07, 6.45) is -0.216. The van der Waals surface area contributed by atoms with E-state index in [4.69, 9.17) is 15.2 Å². The fourth-order valence-electron chi connectivity index (χ4n) is 2.16. The number of methoxy groups -OCH3 is 1. The third-order valence-corrected chi connectivity index (χ3v) is 3.31. The molecule has 20 heavy (non-hydrogen) atoms. The fourth-order valence-corrected chi connectivity index (χ4v) is 2.16. The van der Waals surface area contributed by atoms with Crippen molar-refractivity contribution in [2.24, 2.45) is 5.73 Å². The molecule has 0 radical (unpaired) electrons. The van der Waals surface area contributed by atoms with Gasteiger partial charge in [0.1, 0.15) is 17.6 Å². The van der Waals surface area contributed by atoms with Crippen LogP contribution < -0.4 is 15.2 Å². The molecular formula is C17H21NO2. The first-order chi connectivity index (χ1) is 9.65. The quantitative estimate of drug-likeness (QED) is 0.906. The van der Waals surface area contributed by atoms with Gasteiger partial charge in [-0.25, -0.2) is 0 Å². The van der Waals surface area contributed by atoms with Crippen LogP contribution in [-0.4, -0.2) is 13.7 Å². The van der Waals surface area contributed by atoms with Gasteiger partial charge in [0.2, 0.25) is 0 Å². The molecule has 0 aliphatic heterocycles. The van der Waals surface area contributed by atoms with Gasteiger partial charge >= 0.3 is 0 Å². The standard InChI is InChI=1S/C17H21NO2/c1-12-8-9-13(2)16(10-12)20-17(11-18)14-6-4-5-7-15(14)19-3/h4-10,17H,11,18H2,1-3H3. The number of hydrogen-bond acceptors (Lipinski definition) is 3. The van der Waals surface area contributed by atoms with Crippen LogP contribution >= 0.6 is 0 Å². The first-order valence-corrected chi connectivity index (χ1v) is 6.72. The Balaban J connectivity index is 2.31. The van der Waals surface area contributed by atoms with E-state index in [1.54, 1.807) is 7.11 Å². The third-order valence-electron chi connectivity index (χ3n) is 3.31. The number of ether oxygens (including phenoxy) is 2. The van der Waals surface area contributed by atoms with Gasteiger partial charge in [0, 0.05) is 12.1 Å². The van der Waals surface area contributed by atoms with Crippen molar-refractivity contribution in [1.29, 1.82) is 0 Å². The Labute approximate surface area is 120 Å². The lowest BCUT2D eigenvalue weighted by atomic mass is 10.1. The van der Waals surface area contributed by atoms with Crippen LogP contribution in [0.4, 0.5) is 0 Å². The summed E-state index contributed by atoms with van der Waals surface area (Å²) in [5, 5.41) is 0. The van der Waals surface area contributed by atoms with E-state index in [0.717, 1.165) is 22.6 Å². The summed E-state index contributed by atoms with van der Waals surface area (Å²) in [4.78, 5) is 0. The molecular weight excluding hydrogens is 250 g/mol. The Morgan fingerprint density at radius 1 is 1.05 bits per heavy atom.